The van der Waals surface area contributed by atoms with E-state index in [1.165, 1.54) is 49.6 Å². The lowest BCUT2D eigenvalue weighted by Crippen LogP contribution is -2.32. The van der Waals surface area contributed by atoms with E-state index in [2.05, 4.69) is 131 Å². The van der Waals surface area contributed by atoms with Gasteiger partial charge in [0.1, 0.15) is 22.8 Å². The van der Waals surface area contributed by atoms with E-state index in [0.717, 1.165) is 58.6 Å². The van der Waals surface area contributed by atoms with Gasteiger partial charge >= 0.3 is 0 Å². The summed E-state index contributed by atoms with van der Waals surface area (Å²) >= 11 is 0. The van der Waals surface area contributed by atoms with Crippen molar-refractivity contribution in [3.8, 4) is 0 Å². The zero-order valence-electron chi connectivity index (χ0n) is 28.4. The highest BCUT2D eigenvalue weighted by Crippen LogP contribution is 2.47. The third kappa shape index (κ3) is 5.09. The van der Waals surface area contributed by atoms with Gasteiger partial charge in [0.2, 0.25) is 0 Å². The second kappa shape index (κ2) is 12.5. The molecule has 0 radical (unpaired) electrons. The van der Waals surface area contributed by atoms with Gasteiger partial charge in [0.05, 0.1) is 12.1 Å². The van der Waals surface area contributed by atoms with Gasteiger partial charge in [-0.3, -0.25) is 9.98 Å². The molecule has 0 fully saturated rings. The predicted molar refractivity (Wildman–Crippen MR) is 210 cm³/mol. The Bertz CT molecular complexity index is 2580. The van der Waals surface area contributed by atoms with E-state index in [1.807, 2.05) is 31.3 Å². The van der Waals surface area contributed by atoms with Crippen LogP contribution in [0, 0.1) is 5.92 Å². The third-order valence-electron chi connectivity index (χ3n) is 10.2. The summed E-state index contributed by atoms with van der Waals surface area (Å²) in [5, 5.41) is 9.63. The number of nitrogens with one attached hydrogen (secondary N) is 1. The van der Waals surface area contributed by atoms with E-state index in [4.69, 9.17) is 9.41 Å². The number of aliphatic imine (C=N–C) groups is 2. The Kier molecular flexibility index (Phi) is 7.54. The van der Waals surface area contributed by atoms with Gasteiger partial charge in [-0.2, -0.15) is 0 Å². The Morgan fingerprint density at radius 1 is 0.760 bits per heavy atom. The minimum atomic E-state index is 0.467. The van der Waals surface area contributed by atoms with Crippen molar-refractivity contribution in [2.75, 3.05) is 13.6 Å². The number of hydrogen-bond donors (Lipinski definition) is 1. The molecule has 9 rings (SSSR count). The highest BCUT2D eigenvalue weighted by atomic mass is 16.3. The van der Waals surface area contributed by atoms with Crippen LogP contribution in [0.15, 0.2) is 147 Å². The minimum absolute atomic E-state index is 0.467. The Balaban J connectivity index is 1.15. The highest BCUT2D eigenvalue weighted by Gasteiger charge is 2.28. The van der Waals surface area contributed by atoms with Gasteiger partial charge in [0.15, 0.2) is 0 Å². The summed E-state index contributed by atoms with van der Waals surface area (Å²) in [6.45, 7) is 2.93. The van der Waals surface area contributed by atoms with Crippen LogP contribution in [0.3, 0.4) is 0 Å². The first-order valence-corrected chi connectivity index (χ1v) is 17.5. The number of para-hydroxylation sites is 1. The molecule has 1 atom stereocenters. The van der Waals surface area contributed by atoms with Crippen molar-refractivity contribution in [1.82, 2.24) is 9.88 Å². The molecular weight excluding hydrogens is 613 g/mol. The monoisotopic (exact) mass is 650 g/mol. The summed E-state index contributed by atoms with van der Waals surface area (Å²) in [6, 6.07) is 37.8. The van der Waals surface area contributed by atoms with E-state index >= 15 is 0 Å². The number of amidine groups is 2. The van der Waals surface area contributed by atoms with Crippen LogP contribution in [0.1, 0.15) is 42.1 Å². The van der Waals surface area contributed by atoms with Gasteiger partial charge in [0, 0.05) is 62.1 Å². The van der Waals surface area contributed by atoms with Crippen molar-refractivity contribution in [2.45, 2.75) is 26.2 Å². The Labute approximate surface area is 291 Å². The zero-order chi connectivity index (χ0) is 33.6. The number of rotatable bonds is 5. The molecule has 0 saturated heterocycles. The van der Waals surface area contributed by atoms with Gasteiger partial charge in [-0.1, -0.05) is 128 Å². The molecule has 0 bridgehead atoms. The number of hydrogen-bond acceptors (Lipinski definition) is 3. The van der Waals surface area contributed by atoms with E-state index in [0.29, 0.717) is 12.5 Å². The quantitative estimate of drug-likeness (QED) is 0.149. The maximum atomic E-state index is 6.61. The number of nitrogens with zero attached hydrogens (tertiary/aromatic N) is 3. The lowest BCUT2D eigenvalue weighted by atomic mass is 9.92. The SMILES string of the molecule is CN=C(NC(=NCC1=CC=C(n2c3c(c4c5c6ccccc6oc5c5ccccc5c42)C=CC(C)C3)CC1)c1ccccc1)c1ccccc1. The van der Waals surface area contributed by atoms with Gasteiger partial charge in [-0.25, -0.2) is 0 Å². The van der Waals surface area contributed by atoms with Gasteiger partial charge < -0.3 is 14.3 Å². The minimum Gasteiger partial charge on any atom is -0.455 e. The lowest BCUT2D eigenvalue weighted by Gasteiger charge is -2.22. The molecule has 50 heavy (non-hydrogen) atoms. The molecule has 5 heteroatoms. The standard InChI is InChI=1S/C45H38N4O/c1-29-21-26-36-38(27-29)49(42-34-17-9-10-18-35(34)43-41(40(36)42)37-19-11-12-20-39(37)50-43)33-24-22-30(23-25-33)28-47-45(32-15-7-4-8-16-32)48-44(46-2)31-13-5-3-6-14-31/h3-22,24,26,29H,23,25,27-28H2,1-2H3,(H,46,47,48). The van der Waals surface area contributed by atoms with Gasteiger partial charge in [-0.15, -0.1) is 0 Å². The van der Waals surface area contributed by atoms with Crippen LogP contribution in [0.4, 0.5) is 0 Å². The Morgan fingerprint density at radius 3 is 2.16 bits per heavy atom. The molecule has 1 N–H and O–H groups in total. The predicted octanol–water partition coefficient (Wildman–Crippen LogP) is 10.6. The summed E-state index contributed by atoms with van der Waals surface area (Å²) in [5.41, 5.74) is 10.6. The van der Waals surface area contributed by atoms with Crippen molar-refractivity contribution in [2.24, 2.45) is 15.9 Å². The van der Waals surface area contributed by atoms with E-state index in [1.54, 1.807) is 0 Å². The highest BCUT2D eigenvalue weighted by molar-refractivity contribution is 6.32. The van der Waals surface area contributed by atoms with E-state index in [-0.39, 0.29) is 0 Å². The Morgan fingerprint density at radius 2 is 1.44 bits per heavy atom. The molecule has 1 unspecified atom stereocenters. The second-order valence-corrected chi connectivity index (χ2v) is 13.4. The van der Waals surface area contributed by atoms with Crippen molar-refractivity contribution >= 4 is 67.1 Å². The summed E-state index contributed by atoms with van der Waals surface area (Å²) in [7, 11) is 1.82. The summed E-state index contributed by atoms with van der Waals surface area (Å²) < 4.78 is 9.20. The van der Waals surface area contributed by atoms with Crippen molar-refractivity contribution < 1.29 is 4.42 Å². The fourth-order valence-electron chi connectivity index (χ4n) is 7.78. The number of fused-ring (bicyclic) bond motifs is 10. The molecule has 0 amide bonds. The summed E-state index contributed by atoms with van der Waals surface area (Å²) in [5.74, 6) is 2.08. The van der Waals surface area contributed by atoms with Crippen LogP contribution < -0.4 is 5.32 Å². The largest absolute Gasteiger partial charge is 0.455 e. The lowest BCUT2D eigenvalue weighted by molar-refractivity contribution is 0.673. The molecule has 2 aliphatic carbocycles. The van der Waals surface area contributed by atoms with Crippen LogP contribution in [0.5, 0.6) is 0 Å². The van der Waals surface area contributed by atoms with Crippen LogP contribution >= 0.6 is 0 Å². The smallest absolute Gasteiger partial charge is 0.144 e. The average Bonchev–Trinajstić information content (AvgIpc) is 3.72. The summed E-state index contributed by atoms with van der Waals surface area (Å²) in [6.07, 6.45) is 12.2. The molecule has 0 saturated carbocycles. The first kappa shape index (κ1) is 30.1. The van der Waals surface area contributed by atoms with Crippen LogP contribution in [-0.4, -0.2) is 29.8 Å². The zero-order valence-corrected chi connectivity index (χ0v) is 28.4. The van der Waals surface area contributed by atoms with Crippen molar-refractivity contribution in [3.63, 3.8) is 0 Å². The molecule has 244 valence electrons. The molecular formula is C45H38N4O. The molecule has 0 spiro atoms. The van der Waals surface area contributed by atoms with E-state index < -0.39 is 0 Å². The molecule has 2 heterocycles. The molecule has 0 aliphatic heterocycles. The van der Waals surface area contributed by atoms with Crippen LogP contribution in [0.2, 0.25) is 0 Å². The Hall–Kier alpha value is -5.94. The molecule has 5 aromatic carbocycles. The number of benzene rings is 5. The van der Waals surface area contributed by atoms with Crippen LogP contribution in [0.25, 0.3) is 55.4 Å². The first-order chi connectivity index (χ1) is 24.7. The number of aromatic nitrogens is 1. The van der Waals surface area contributed by atoms with Gasteiger partial charge in [-0.05, 0) is 42.9 Å². The third-order valence-corrected chi connectivity index (χ3v) is 10.2. The molecule has 7 aromatic rings. The van der Waals surface area contributed by atoms with Crippen LogP contribution in [-0.2, 0) is 6.42 Å². The second-order valence-electron chi connectivity index (χ2n) is 13.4. The normalized spacial score (nSPS) is 16.6. The van der Waals surface area contributed by atoms with Gasteiger partial charge in [0.25, 0.3) is 0 Å². The van der Waals surface area contributed by atoms with Crippen molar-refractivity contribution in [3.05, 3.63) is 155 Å². The van der Waals surface area contributed by atoms with Crippen molar-refractivity contribution in [1.29, 1.82) is 0 Å². The average molecular weight is 651 g/mol. The molecule has 5 nitrogen and oxygen atoms in total. The number of allylic oxidation sites excluding steroid dienone is 4. The summed E-state index contributed by atoms with van der Waals surface area (Å²) in [4.78, 5) is 9.71. The fraction of sp³-hybridized carbons (Fsp3) is 0.156. The number of furan rings is 1. The first-order valence-electron chi connectivity index (χ1n) is 17.5. The molecule has 2 aromatic heterocycles. The molecule has 2 aliphatic rings. The fourth-order valence-corrected chi connectivity index (χ4v) is 7.78. The maximum absolute atomic E-state index is 6.61. The maximum Gasteiger partial charge on any atom is 0.144 e. The van der Waals surface area contributed by atoms with E-state index in [9.17, 15) is 0 Å². The topological polar surface area (TPSA) is 54.8 Å².